The molecule has 0 bridgehead atoms. The van der Waals surface area contributed by atoms with Gasteiger partial charge in [-0.2, -0.15) is 0 Å². The van der Waals surface area contributed by atoms with Crippen LogP contribution in [0.2, 0.25) is 0 Å². The standard InChI is InChI=1S/4C5H14N3O.Ti/c4*1-3(2)5(8,9)4(6)7;/h4*3-4H,6-8H2,1-2H3;/q4*-1;+4. The molecule has 4 atom stereocenters. The first-order valence-corrected chi connectivity index (χ1v) is 14.9. The fourth-order valence-corrected chi connectivity index (χ4v) is 8.69. The fraction of sp³-hybridized carbons (Fsp3) is 1.00. The molecule has 0 aromatic carbocycles. The topological polar surface area (TPSA) is 349 Å². The molecule has 0 aromatic rings. The summed E-state index contributed by atoms with van der Waals surface area (Å²) in [6, 6.07) is 0. The number of hydrogen-bond acceptors (Lipinski definition) is 16. The summed E-state index contributed by atoms with van der Waals surface area (Å²) in [6.45, 7) is 13.7. The zero-order valence-corrected chi connectivity index (χ0v) is 25.2. The molecule has 24 N–H and O–H groups in total. The van der Waals surface area contributed by atoms with E-state index in [-0.39, 0.29) is 0 Å². The minimum atomic E-state index is -5.72. The monoisotopic (exact) mass is 576 g/mol. The van der Waals surface area contributed by atoms with Crippen LogP contribution < -0.4 is 68.8 Å². The van der Waals surface area contributed by atoms with Gasteiger partial charge in [-0.3, -0.25) is 0 Å². The molecule has 17 heteroatoms. The van der Waals surface area contributed by atoms with Crippen LogP contribution in [0.15, 0.2) is 0 Å². The van der Waals surface area contributed by atoms with E-state index >= 15 is 0 Å². The van der Waals surface area contributed by atoms with Gasteiger partial charge >= 0.3 is 227 Å². The van der Waals surface area contributed by atoms with Gasteiger partial charge in [-0.25, -0.2) is 0 Å². The summed E-state index contributed by atoms with van der Waals surface area (Å²) < 4.78 is 25.6. The second-order valence-electron chi connectivity index (χ2n) is 11.0. The number of rotatable bonds is 16. The predicted octanol–water partition coefficient (Wildman–Crippen LogP) is -3.92. The van der Waals surface area contributed by atoms with Crippen molar-refractivity contribution in [2.75, 3.05) is 0 Å². The fourth-order valence-electron chi connectivity index (χ4n) is 3.27. The van der Waals surface area contributed by atoms with Gasteiger partial charge in [0.1, 0.15) is 0 Å². The molecule has 0 spiro atoms. The molecule has 16 nitrogen and oxygen atoms in total. The van der Waals surface area contributed by atoms with Crippen LogP contribution in [-0.4, -0.2) is 47.6 Å². The van der Waals surface area contributed by atoms with Crippen molar-refractivity contribution >= 4 is 0 Å². The molecule has 0 aliphatic rings. The molecule has 0 heterocycles. The third kappa shape index (κ3) is 8.06. The molecular weight excluding hydrogens is 520 g/mol. The van der Waals surface area contributed by atoms with E-state index < -0.39 is 89.4 Å². The van der Waals surface area contributed by atoms with Gasteiger partial charge in [0, 0.05) is 0 Å². The van der Waals surface area contributed by atoms with Gasteiger partial charge in [0.05, 0.1) is 0 Å². The van der Waals surface area contributed by atoms with Gasteiger partial charge in [0.15, 0.2) is 0 Å². The first kappa shape index (κ1) is 37.1. The van der Waals surface area contributed by atoms with Gasteiger partial charge in [0.25, 0.3) is 0 Å². The van der Waals surface area contributed by atoms with E-state index in [1.54, 1.807) is 55.4 Å². The van der Waals surface area contributed by atoms with Crippen LogP contribution in [0.5, 0.6) is 0 Å². The van der Waals surface area contributed by atoms with E-state index in [1.807, 2.05) is 0 Å². The van der Waals surface area contributed by atoms with Gasteiger partial charge in [-0.15, -0.1) is 0 Å². The SMILES string of the molecule is CC(C)C(N)([O][Ti]([O]C(N)(C(C)C)C(N)N)([O]C(N)(C(C)C)C(N)N)[O]C(N)(C(C)C)C(N)N)C(N)N. The van der Waals surface area contributed by atoms with Crippen molar-refractivity contribution < 1.29 is 31.4 Å². The van der Waals surface area contributed by atoms with Crippen LogP contribution in [-0.2, 0) is 31.4 Å². The second-order valence-corrected chi connectivity index (χ2v) is 13.9. The summed E-state index contributed by atoms with van der Waals surface area (Å²) in [6.07, 6.45) is -5.11. The maximum absolute atomic E-state index is 6.61. The van der Waals surface area contributed by atoms with Crippen LogP contribution in [0.25, 0.3) is 0 Å². The Morgan fingerprint density at radius 1 is 0.378 bits per heavy atom. The molecule has 0 aliphatic carbocycles. The van der Waals surface area contributed by atoms with Crippen LogP contribution in [0.1, 0.15) is 55.4 Å². The van der Waals surface area contributed by atoms with Gasteiger partial charge < -0.3 is 0 Å². The molecular formula is C20H56N12O4Ti. The number of hydrogen-bond donors (Lipinski definition) is 12. The first-order valence-electron chi connectivity index (χ1n) is 12.4. The zero-order chi connectivity index (χ0) is 29.9. The maximum atomic E-state index is 6.61. The summed E-state index contributed by atoms with van der Waals surface area (Å²) >= 11 is -5.72. The summed E-state index contributed by atoms with van der Waals surface area (Å²) in [5, 5.41) is 0. The van der Waals surface area contributed by atoms with Crippen molar-refractivity contribution in [1.82, 2.24) is 0 Å². The summed E-state index contributed by atoms with van der Waals surface area (Å²) in [5.41, 5.74) is 67.7. The van der Waals surface area contributed by atoms with Crippen molar-refractivity contribution in [1.29, 1.82) is 0 Å². The molecule has 0 rings (SSSR count). The molecule has 0 radical (unpaired) electrons. The van der Waals surface area contributed by atoms with Crippen LogP contribution in [0.3, 0.4) is 0 Å². The van der Waals surface area contributed by atoms with Crippen molar-refractivity contribution in [3.05, 3.63) is 0 Å². The van der Waals surface area contributed by atoms with E-state index in [0.717, 1.165) is 0 Å². The van der Waals surface area contributed by atoms with Crippen molar-refractivity contribution in [3.63, 3.8) is 0 Å². The molecule has 37 heavy (non-hydrogen) atoms. The normalized spacial score (nSPS) is 21.7. The predicted molar refractivity (Wildman–Crippen MR) is 140 cm³/mol. The Bertz CT molecular complexity index is 559. The van der Waals surface area contributed by atoms with E-state index in [9.17, 15) is 0 Å². The molecule has 0 saturated carbocycles. The Morgan fingerprint density at radius 3 is 0.595 bits per heavy atom. The van der Waals surface area contributed by atoms with Crippen molar-refractivity contribution in [2.24, 2.45) is 92.5 Å². The Balaban J connectivity index is 7.67. The third-order valence-corrected chi connectivity index (χ3v) is 10.7. The quantitative estimate of drug-likeness (QED) is 0.0616. The molecule has 0 aliphatic heterocycles. The van der Waals surface area contributed by atoms with Crippen LogP contribution in [0, 0.1) is 23.7 Å². The minimum absolute atomic E-state index is 0.526. The van der Waals surface area contributed by atoms with Crippen molar-refractivity contribution in [3.8, 4) is 0 Å². The molecule has 0 saturated heterocycles. The third-order valence-electron chi connectivity index (χ3n) is 6.90. The van der Waals surface area contributed by atoms with Crippen LogP contribution >= 0.6 is 0 Å². The Labute approximate surface area is 226 Å². The average molecular weight is 577 g/mol. The molecule has 4 unspecified atom stereocenters. The van der Waals surface area contributed by atoms with Crippen molar-refractivity contribution in [2.45, 2.75) is 103 Å². The summed E-state index contributed by atoms with van der Waals surface area (Å²) in [4.78, 5) is 0. The molecule has 0 aromatic heterocycles. The average Bonchev–Trinajstić information content (AvgIpc) is 2.71. The van der Waals surface area contributed by atoms with Gasteiger partial charge in [0.2, 0.25) is 0 Å². The zero-order valence-electron chi connectivity index (χ0n) is 23.7. The van der Waals surface area contributed by atoms with Gasteiger partial charge in [-0.05, 0) is 0 Å². The molecule has 0 amide bonds. The molecule has 0 fully saturated rings. The van der Waals surface area contributed by atoms with E-state index in [2.05, 4.69) is 0 Å². The first-order chi connectivity index (χ1) is 16.4. The Morgan fingerprint density at radius 2 is 0.514 bits per heavy atom. The Hall–Kier alpha value is 0.0743. The Kier molecular flexibility index (Phi) is 13.2. The van der Waals surface area contributed by atoms with E-state index in [1.165, 1.54) is 0 Å². The summed E-state index contributed by atoms with van der Waals surface area (Å²) in [5.74, 6) is -2.11. The van der Waals surface area contributed by atoms with E-state index in [4.69, 9.17) is 82.1 Å². The second kappa shape index (κ2) is 13.2. The number of nitrogens with two attached hydrogens (primary N) is 12. The van der Waals surface area contributed by atoms with Crippen LogP contribution in [0.4, 0.5) is 0 Å². The van der Waals surface area contributed by atoms with E-state index in [0.29, 0.717) is 0 Å². The van der Waals surface area contributed by atoms with Gasteiger partial charge in [-0.1, -0.05) is 0 Å². The molecule has 224 valence electrons. The summed E-state index contributed by atoms with van der Waals surface area (Å²) in [7, 11) is 0.